The summed E-state index contributed by atoms with van der Waals surface area (Å²) >= 11 is 0. The molecule has 1 atom stereocenters. The second kappa shape index (κ2) is 5.63. The van der Waals surface area contributed by atoms with Crippen LogP contribution in [0.3, 0.4) is 0 Å². The third-order valence-electron chi connectivity index (χ3n) is 3.95. The van der Waals surface area contributed by atoms with Crippen LogP contribution in [-0.2, 0) is 6.54 Å². The highest BCUT2D eigenvalue weighted by Gasteiger charge is 2.31. The summed E-state index contributed by atoms with van der Waals surface area (Å²) < 4.78 is 7.36. The average molecular weight is 282 g/mol. The van der Waals surface area contributed by atoms with Gasteiger partial charge in [-0.25, -0.2) is 0 Å². The number of hydrogen-bond donors (Lipinski definition) is 1. The molecule has 0 aliphatic heterocycles. The molecule has 1 N–H and O–H groups in total. The summed E-state index contributed by atoms with van der Waals surface area (Å²) in [5, 5.41) is 19.1. The Bertz CT molecular complexity index is 680. The number of aromatic nitrogens is 1. The van der Waals surface area contributed by atoms with Crippen LogP contribution in [0.2, 0.25) is 0 Å². The molecule has 1 aliphatic rings. The standard InChI is InChI=1S/C17H18N2O2/c1-21-16-5-2-12(9-18)8-15(16)11-19-7-6-14(10-19)17(20)13-3-4-13/h2,5-8,10,13,17,20H,3-4,11H2,1H3. The second-order valence-corrected chi connectivity index (χ2v) is 5.54. The average Bonchev–Trinajstić information content (AvgIpc) is 3.26. The highest BCUT2D eigenvalue weighted by atomic mass is 16.5. The quantitative estimate of drug-likeness (QED) is 0.917. The summed E-state index contributed by atoms with van der Waals surface area (Å²) in [6, 6.07) is 9.52. The van der Waals surface area contributed by atoms with Gasteiger partial charge in [0.15, 0.2) is 0 Å². The number of hydrogen-bond acceptors (Lipinski definition) is 3. The third kappa shape index (κ3) is 2.93. The lowest BCUT2D eigenvalue weighted by atomic mass is 10.1. The molecule has 1 fully saturated rings. The topological polar surface area (TPSA) is 58.2 Å². The van der Waals surface area contributed by atoms with Crippen LogP contribution in [0.25, 0.3) is 0 Å². The zero-order chi connectivity index (χ0) is 14.8. The predicted octanol–water partition coefficient (Wildman–Crippen LogP) is 2.86. The zero-order valence-corrected chi connectivity index (χ0v) is 12.0. The predicted molar refractivity (Wildman–Crippen MR) is 78.9 cm³/mol. The Hall–Kier alpha value is -2.25. The molecule has 108 valence electrons. The number of aliphatic hydroxyl groups is 1. The first kappa shape index (κ1) is 13.7. The van der Waals surface area contributed by atoms with Gasteiger partial charge in [0.25, 0.3) is 0 Å². The van der Waals surface area contributed by atoms with Gasteiger partial charge in [0.1, 0.15) is 5.75 Å². The third-order valence-corrected chi connectivity index (χ3v) is 3.95. The number of aliphatic hydroxyl groups excluding tert-OH is 1. The molecule has 4 nitrogen and oxygen atoms in total. The Morgan fingerprint density at radius 2 is 2.24 bits per heavy atom. The molecule has 0 saturated heterocycles. The van der Waals surface area contributed by atoms with Crippen LogP contribution in [0.1, 0.15) is 35.6 Å². The van der Waals surface area contributed by atoms with Crippen LogP contribution < -0.4 is 4.74 Å². The fourth-order valence-electron chi connectivity index (χ4n) is 2.59. The molecule has 4 heteroatoms. The maximum Gasteiger partial charge on any atom is 0.123 e. The molecule has 3 rings (SSSR count). The number of nitrogens with zero attached hydrogens (tertiary/aromatic N) is 2. The lowest BCUT2D eigenvalue weighted by Gasteiger charge is -2.10. The van der Waals surface area contributed by atoms with Gasteiger partial charge in [0.2, 0.25) is 0 Å². The van der Waals surface area contributed by atoms with Gasteiger partial charge >= 0.3 is 0 Å². The second-order valence-electron chi connectivity index (χ2n) is 5.54. The molecule has 1 unspecified atom stereocenters. The summed E-state index contributed by atoms with van der Waals surface area (Å²) in [6.45, 7) is 0.621. The van der Waals surface area contributed by atoms with Crippen molar-refractivity contribution in [3.63, 3.8) is 0 Å². The van der Waals surface area contributed by atoms with Gasteiger partial charge in [-0.1, -0.05) is 0 Å². The maximum absolute atomic E-state index is 10.1. The van der Waals surface area contributed by atoms with Crippen molar-refractivity contribution in [3.05, 3.63) is 53.3 Å². The molecule has 1 aromatic heterocycles. The lowest BCUT2D eigenvalue weighted by molar-refractivity contribution is 0.154. The normalized spacial score (nSPS) is 15.5. The largest absolute Gasteiger partial charge is 0.496 e. The molecule has 0 radical (unpaired) electrons. The number of benzene rings is 1. The van der Waals surface area contributed by atoms with Gasteiger partial charge in [0.05, 0.1) is 31.4 Å². The van der Waals surface area contributed by atoms with E-state index in [-0.39, 0.29) is 6.10 Å². The van der Waals surface area contributed by atoms with Crippen LogP contribution in [0, 0.1) is 17.2 Å². The van der Waals surface area contributed by atoms with E-state index in [1.54, 1.807) is 13.2 Å². The van der Waals surface area contributed by atoms with Crippen molar-refractivity contribution < 1.29 is 9.84 Å². The van der Waals surface area contributed by atoms with Gasteiger partial charge in [-0.15, -0.1) is 0 Å². The summed E-state index contributed by atoms with van der Waals surface area (Å²) in [6.07, 6.45) is 5.81. The Kier molecular flexibility index (Phi) is 3.68. The molecule has 1 heterocycles. The minimum atomic E-state index is -0.349. The van der Waals surface area contributed by atoms with Crippen molar-refractivity contribution >= 4 is 0 Å². The van der Waals surface area contributed by atoms with Crippen LogP contribution in [-0.4, -0.2) is 16.8 Å². The molecule has 1 aliphatic carbocycles. The number of rotatable bonds is 5. The van der Waals surface area contributed by atoms with E-state index < -0.39 is 0 Å². The van der Waals surface area contributed by atoms with Gasteiger partial charge in [-0.2, -0.15) is 5.26 Å². The van der Waals surface area contributed by atoms with Crippen LogP contribution in [0.4, 0.5) is 0 Å². The first-order valence-electron chi connectivity index (χ1n) is 7.12. The summed E-state index contributed by atoms with van der Waals surface area (Å²) in [5.41, 5.74) is 2.55. The minimum Gasteiger partial charge on any atom is -0.496 e. The van der Waals surface area contributed by atoms with E-state index in [9.17, 15) is 5.11 Å². The van der Waals surface area contributed by atoms with Crippen LogP contribution in [0.15, 0.2) is 36.7 Å². The van der Waals surface area contributed by atoms with Gasteiger partial charge in [-0.3, -0.25) is 0 Å². The SMILES string of the molecule is COc1ccc(C#N)cc1Cn1ccc(C(O)C2CC2)c1. The van der Waals surface area contributed by atoms with E-state index in [4.69, 9.17) is 10.00 Å². The summed E-state index contributed by atoms with van der Waals surface area (Å²) in [7, 11) is 1.63. The maximum atomic E-state index is 10.1. The Morgan fingerprint density at radius 3 is 2.90 bits per heavy atom. The van der Waals surface area contributed by atoms with Crippen molar-refractivity contribution in [1.29, 1.82) is 5.26 Å². The molecular formula is C17H18N2O2. The molecule has 0 spiro atoms. The van der Waals surface area contributed by atoms with E-state index in [1.807, 2.05) is 35.2 Å². The molecule has 0 amide bonds. The first-order valence-corrected chi connectivity index (χ1v) is 7.12. The van der Waals surface area contributed by atoms with Crippen LogP contribution >= 0.6 is 0 Å². The number of ether oxygens (including phenoxy) is 1. The van der Waals surface area contributed by atoms with Crippen molar-refractivity contribution in [2.75, 3.05) is 7.11 Å². The van der Waals surface area contributed by atoms with Crippen molar-refractivity contribution in [2.24, 2.45) is 5.92 Å². The smallest absolute Gasteiger partial charge is 0.123 e. The Balaban J connectivity index is 1.81. The highest BCUT2D eigenvalue weighted by molar-refractivity contribution is 5.42. The van der Waals surface area contributed by atoms with Gasteiger partial charge in [0, 0.05) is 18.0 Å². The molecule has 1 aromatic carbocycles. The fourth-order valence-corrected chi connectivity index (χ4v) is 2.59. The van der Waals surface area contributed by atoms with E-state index in [0.717, 1.165) is 29.7 Å². The monoisotopic (exact) mass is 282 g/mol. The minimum absolute atomic E-state index is 0.349. The Labute approximate surface area is 124 Å². The number of nitriles is 1. The van der Waals surface area contributed by atoms with E-state index >= 15 is 0 Å². The molecule has 21 heavy (non-hydrogen) atoms. The van der Waals surface area contributed by atoms with E-state index in [0.29, 0.717) is 18.0 Å². The highest BCUT2D eigenvalue weighted by Crippen LogP contribution is 2.40. The van der Waals surface area contributed by atoms with Gasteiger partial charge in [-0.05, 0) is 48.6 Å². The van der Waals surface area contributed by atoms with Crippen molar-refractivity contribution in [1.82, 2.24) is 4.57 Å². The van der Waals surface area contributed by atoms with Crippen LogP contribution in [0.5, 0.6) is 5.75 Å². The molecule has 0 bridgehead atoms. The number of methoxy groups -OCH3 is 1. The fraction of sp³-hybridized carbons (Fsp3) is 0.353. The summed E-state index contributed by atoms with van der Waals surface area (Å²) in [5.74, 6) is 1.20. The van der Waals surface area contributed by atoms with E-state index in [2.05, 4.69) is 6.07 Å². The first-order chi connectivity index (χ1) is 10.2. The molecule has 2 aromatic rings. The summed E-state index contributed by atoms with van der Waals surface area (Å²) in [4.78, 5) is 0. The van der Waals surface area contributed by atoms with Crippen molar-refractivity contribution in [3.8, 4) is 11.8 Å². The molecule has 1 saturated carbocycles. The lowest BCUT2D eigenvalue weighted by Crippen LogP contribution is -2.01. The van der Waals surface area contributed by atoms with Gasteiger partial charge < -0.3 is 14.4 Å². The zero-order valence-electron chi connectivity index (χ0n) is 12.0. The van der Waals surface area contributed by atoms with Crippen molar-refractivity contribution in [2.45, 2.75) is 25.5 Å². The van der Waals surface area contributed by atoms with E-state index in [1.165, 1.54) is 0 Å². The molecular weight excluding hydrogens is 264 g/mol. The Morgan fingerprint density at radius 1 is 1.43 bits per heavy atom.